The molecule has 30 heavy (non-hydrogen) atoms. The number of rotatable bonds is 5. The molecule has 0 saturated carbocycles. The molecule has 0 spiro atoms. The largest absolute Gasteiger partial charge is 0.342 e. The normalized spacial score (nSPS) is 21.3. The van der Waals surface area contributed by atoms with E-state index in [0.717, 1.165) is 63.4 Å². The summed E-state index contributed by atoms with van der Waals surface area (Å²) in [6, 6.07) is 3.83. The van der Waals surface area contributed by atoms with Crippen molar-refractivity contribution in [1.29, 1.82) is 0 Å². The monoisotopic (exact) mass is 428 g/mol. The van der Waals surface area contributed by atoms with E-state index in [4.69, 9.17) is 4.98 Å². The summed E-state index contributed by atoms with van der Waals surface area (Å²) in [5, 5.41) is 4.34. The molecule has 0 aliphatic carbocycles. The number of aromatic nitrogens is 2. The maximum absolute atomic E-state index is 12.4. The Morgan fingerprint density at radius 2 is 2.03 bits per heavy atom. The first-order chi connectivity index (χ1) is 14.5. The molecule has 2 aromatic rings. The van der Waals surface area contributed by atoms with Crippen LogP contribution in [0.2, 0.25) is 0 Å². The van der Waals surface area contributed by atoms with Crippen molar-refractivity contribution < 1.29 is 4.79 Å². The second-order valence-electron chi connectivity index (χ2n) is 9.02. The van der Waals surface area contributed by atoms with Crippen LogP contribution < -0.4 is 5.56 Å². The number of amides is 1. The minimum Gasteiger partial charge on any atom is -0.342 e. The molecule has 2 saturated heterocycles. The van der Waals surface area contributed by atoms with Crippen molar-refractivity contribution in [2.75, 3.05) is 26.2 Å². The van der Waals surface area contributed by atoms with Crippen molar-refractivity contribution >= 4 is 17.2 Å². The van der Waals surface area contributed by atoms with Gasteiger partial charge in [0, 0.05) is 43.5 Å². The summed E-state index contributed by atoms with van der Waals surface area (Å²) in [5.41, 5.74) is 2.17. The maximum Gasteiger partial charge on any atom is 0.251 e. The van der Waals surface area contributed by atoms with Gasteiger partial charge in [-0.3, -0.25) is 14.5 Å². The van der Waals surface area contributed by atoms with Gasteiger partial charge in [0.1, 0.15) is 5.82 Å². The van der Waals surface area contributed by atoms with Gasteiger partial charge in [-0.2, -0.15) is 11.3 Å². The molecule has 1 amide bonds. The first-order valence-electron chi connectivity index (χ1n) is 11.1. The van der Waals surface area contributed by atoms with Crippen LogP contribution in [0.15, 0.2) is 27.7 Å². The van der Waals surface area contributed by atoms with Gasteiger partial charge in [0.15, 0.2) is 0 Å². The Kier molecular flexibility index (Phi) is 6.68. The van der Waals surface area contributed by atoms with Crippen LogP contribution in [0, 0.1) is 5.92 Å². The number of hydrogen-bond donors (Lipinski definition) is 1. The van der Waals surface area contributed by atoms with Gasteiger partial charge in [-0.05, 0) is 61.2 Å². The van der Waals surface area contributed by atoms with Gasteiger partial charge in [0.05, 0.1) is 5.69 Å². The Morgan fingerprint density at radius 1 is 1.23 bits per heavy atom. The number of thiophene rings is 1. The summed E-state index contributed by atoms with van der Waals surface area (Å²) >= 11 is 1.74. The highest BCUT2D eigenvalue weighted by molar-refractivity contribution is 7.07. The van der Waals surface area contributed by atoms with Crippen LogP contribution in [0.25, 0.3) is 0 Å². The van der Waals surface area contributed by atoms with Crippen LogP contribution in [0.4, 0.5) is 0 Å². The number of carbonyl (C=O) groups excluding carboxylic acids is 1. The third kappa shape index (κ3) is 5.01. The van der Waals surface area contributed by atoms with Gasteiger partial charge in [-0.15, -0.1) is 0 Å². The van der Waals surface area contributed by atoms with Gasteiger partial charge >= 0.3 is 0 Å². The molecule has 7 heteroatoms. The lowest BCUT2D eigenvalue weighted by Gasteiger charge is -2.34. The van der Waals surface area contributed by atoms with E-state index in [1.807, 2.05) is 18.7 Å². The molecule has 162 valence electrons. The molecule has 0 unspecified atom stereocenters. The minimum atomic E-state index is -0.0667. The van der Waals surface area contributed by atoms with E-state index in [0.29, 0.717) is 12.5 Å². The van der Waals surface area contributed by atoms with E-state index in [-0.39, 0.29) is 23.3 Å². The van der Waals surface area contributed by atoms with E-state index < -0.39 is 0 Å². The van der Waals surface area contributed by atoms with E-state index >= 15 is 0 Å². The van der Waals surface area contributed by atoms with E-state index in [2.05, 4.69) is 26.7 Å². The summed E-state index contributed by atoms with van der Waals surface area (Å²) in [5.74, 6) is 1.49. The second-order valence-corrected chi connectivity index (χ2v) is 9.80. The molecule has 2 fully saturated rings. The molecule has 6 nitrogen and oxygen atoms in total. The highest BCUT2D eigenvalue weighted by Gasteiger charge is 2.28. The lowest BCUT2D eigenvalue weighted by Crippen LogP contribution is -2.41. The number of aromatic amines is 1. The molecule has 1 atom stereocenters. The van der Waals surface area contributed by atoms with Crippen LogP contribution >= 0.6 is 11.3 Å². The highest BCUT2D eigenvalue weighted by Crippen LogP contribution is 2.29. The molecule has 1 N–H and O–H groups in total. The topological polar surface area (TPSA) is 69.3 Å². The number of likely N-dealkylation sites (tertiary alicyclic amines) is 2. The Bertz CT molecular complexity index is 900. The first kappa shape index (κ1) is 21.2. The Balaban J connectivity index is 1.42. The van der Waals surface area contributed by atoms with Crippen molar-refractivity contribution in [1.82, 2.24) is 19.8 Å². The molecule has 4 heterocycles. The fourth-order valence-corrected chi connectivity index (χ4v) is 5.35. The van der Waals surface area contributed by atoms with Gasteiger partial charge < -0.3 is 9.88 Å². The molecule has 2 aliphatic heterocycles. The number of nitrogens with one attached hydrogen (secondary N) is 1. The zero-order chi connectivity index (χ0) is 21.1. The molecule has 0 radical (unpaired) electrons. The lowest BCUT2D eigenvalue weighted by atomic mass is 9.92. The Morgan fingerprint density at radius 3 is 2.73 bits per heavy atom. The van der Waals surface area contributed by atoms with Gasteiger partial charge in [-0.25, -0.2) is 4.98 Å². The lowest BCUT2D eigenvalue weighted by molar-refractivity contribution is -0.135. The SMILES string of the molecule is CC(C)C(=O)N1CCC[C@@H](c2cc(=O)[nH]c(C3CCN(Cc4ccsc4)CC3)n2)C1. The number of H-pyrrole nitrogens is 1. The first-order valence-corrected chi connectivity index (χ1v) is 12.1. The molecule has 0 bridgehead atoms. The van der Waals surface area contributed by atoms with E-state index in [9.17, 15) is 9.59 Å². The molecule has 2 aliphatic rings. The van der Waals surface area contributed by atoms with Crippen molar-refractivity contribution in [3.8, 4) is 0 Å². The standard InChI is InChI=1S/C23H32N4O2S/c1-16(2)23(29)27-8-3-4-19(14-27)20-12-21(28)25-22(24-20)18-5-9-26(10-6-18)13-17-7-11-30-15-17/h7,11-12,15-16,18-19H,3-6,8-10,13-14H2,1-2H3,(H,24,25,28)/t19-/m1/s1. The van der Waals surface area contributed by atoms with Crippen LogP contribution in [0.5, 0.6) is 0 Å². The van der Waals surface area contributed by atoms with Gasteiger partial charge in [-0.1, -0.05) is 13.8 Å². The van der Waals surface area contributed by atoms with Crippen LogP contribution in [-0.2, 0) is 11.3 Å². The second kappa shape index (κ2) is 9.43. The van der Waals surface area contributed by atoms with Crippen LogP contribution in [-0.4, -0.2) is 51.9 Å². The Hall–Kier alpha value is -1.99. The average molecular weight is 429 g/mol. The quantitative estimate of drug-likeness (QED) is 0.790. The third-order valence-corrected chi connectivity index (χ3v) is 7.12. The molecule has 0 aromatic carbocycles. The summed E-state index contributed by atoms with van der Waals surface area (Å²) < 4.78 is 0. The third-order valence-electron chi connectivity index (χ3n) is 6.39. The minimum absolute atomic E-state index is 0.00529. The van der Waals surface area contributed by atoms with Gasteiger partial charge in [0.25, 0.3) is 5.56 Å². The summed E-state index contributed by atoms with van der Waals surface area (Å²) in [7, 11) is 0. The van der Waals surface area contributed by atoms with Crippen molar-refractivity contribution in [3.63, 3.8) is 0 Å². The average Bonchev–Trinajstić information content (AvgIpc) is 3.26. The number of piperidine rings is 2. The number of nitrogens with zero attached hydrogens (tertiary/aromatic N) is 3. The zero-order valence-corrected chi connectivity index (χ0v) is 18.8. The summed E-state index contributed by atoms with van der Waals surface area (Å²) in [4.78, 5) is 37.2. The summed E-state index contributed by atoms with van der Waals surface area (Å²) in [6.45, 7) is 8.42. The van der Waals surface area contributed by atoms with Gasteiger partial charge in [0.2, 0.25) is 5.91 Å². The van der Waals surface area contributed by atoms with Crippen LogP contribution in [0.1, 0.15) is 68.4 Å². The van der Waals surface area contributed by atoms with Crippen molar-refractivity contribution in [2.24, 2.45) is 5.92 Å². The fraction of sp³-hybridized carbons (Fsp3) is 0.609. The Labute approximate surface area is 182 Å². The number of carbonyl (C=O) groups is 1. The van der Waals surface area contributed by atoms with E-state index in [1.54, 1.807) is 17.4 Å². The molecular weight excluding hydrogens is 396 g/mol. The maximum atomic E-state index is 12.4. The zero-order valence-electron chi connectivity index (χ0n) is 18.0. The predicted molar refractivity (Wildman–Crippen MR) is 120 cm³/mol. The smallest absolute Gasteiger partial charge is 0.251 e. The predicted octanol–water partition coefficient (Wildman–Crippen LogP) is 3.57. The van der Waals surface area contributed by atoms with E-state index in [1.165, 1.54) is 5.56 Å². The van der Waals surface area contributed by atoms with Crippen molar-refractivity contribution in [3.05, 3.63) is 50.3 Å². The number of hydrogen-bond acceptors (Lipinski definition) is 5. The molecular formula is C23H32N4O2S. The summed E-state index contributed by atoms with van der Waals surface area (Å²) in [6.07, 6.45) is 3.98. The van der Waals surface area contributed by atoms with Crippen LogP contribution in [0.3, 0.4) is 0 Å². The highest BCUT2D eigenvalue weighted by atomic mass is 32.1. The van der Waals surface area contributed by atoms with Crippen molar-refractivity contribution in [2.45, 2.75) is 57.9 Å². The molecule has 2 aromatic heterocycles. The molecule has 4 rings (SSSR count). The fourth-order valence-electron chi connectivity index (χ4n) is 4.69.